The Morgan fingerprint density at radius 3 is 2.44 bits per heavy atom. The van der Waals surface area contributed by atoms with Gasteiger partial charge in [0.15, 0.2) is 17.3 Å². The molecule has 0 aliphatic carbocycles. The SMILES string of the molecule is COC[C@H](C)N(Cc1ccc(-c2cc3nccc(Oc4ccc(NC(=O)C5=C=C(C(F)(F)F)N(c6ccccc6)N=C5)cc4F)c3s2)cc1)C(C)=O. The second-order valence-corrected chi connectivity index (χ2v) is 12.8. The van der Waals surface area contributed by atoms with Crippen molar-refractivity contribution in [3.8, 4) is 21.9 Å². The van der Waals surface area contributed by atoms with Gasteiger partial charge in [-0.15, -0.1) is 11.3 Å². The summed E-state index contributed by atoms with van der Waals surface area (Å²) in [7, 11) is 1.60. The minimum absolute atomic E-state index is 0.0158. The predicted octanol–water partition coefficient (Wildman–Crippen LogP) is 8.69. The Morgan fingerprint density at radius 2 is 1.77 bits per heavy atom. The van der Waals surface area contributed by atoms with E-state index in [-0.39, 0.29) is 29.1 Å². The van der Waals surface area contributed by atoms with Crippen molar-refractivity contribution in [1.82, 2.24) is 9.88 Å². The number of anilines is 2. The Morgan fingerprint density at radius 1 is 1.02 bits per heavy atom. The third-order valence-electron chi connectivity index (χ3n) is 8.00. The standard InChI is InChI=1S/C38H31F4N5O4S/c1-23(22-50-3)46(24(2)48)21-25-9-11-26(12-10-25)34-19-31-36(52-34)33(15-16-43-31)51-32-14-13-28(18-30(32)39)45-37(49)27-17-35(38(40,41)42)47(44-20-27)29-7-5-4-6-8-29/h4-16,18-20,23H,21-22H2,1-3H3,(H,45,49)/t23-/m0/s1. The van der Waals surface area contributed by atoms with Crippen molar-refractivity contribution in [2.45, 2.75) is 32.6 Å². The molecule has 0 saturated carbocycles. The monoisotopic (exact) mass is 729 g/mol. The molecule has 1 aliphatic heterocycles. The van der Waals surface area contributed by atoms with Crippen LogP contribution in [0, 0.1) is 5.82 Å². The number of hydrogen-bond donors (Lipinski definition) is 1. The largest absolute Gasteiger partial charge is 0.453 e. The number of hydrazone groups is 1. The van der Waals surface area contributed by atoms with Gasteiger partial charge in [-0.3, -0.25) is 14.6 Å². The van der Waals surface area contributed by atoms with Gasteiger partial charge in [0.05, 0.1) is 34.8 Å². The van der Waals surface area contributed by atoms with E-state index in [1.54, 1.807) is 42.5 Å². The van der Waals surface area contributed by atoms with Crippen LogP contribution in [0.2, 0.25) is 0 Å². The molecule has 1 N–H and O–H groups in total. The zero-order valence-corrected chi connectivity index (χ0v) is 28.9. The van der Waals surface area contributed by atoms with E-state index in [2.05, 4.69) is 21.1 Å². The van der Waals surface area contributed by atoms with Crippen LogP contribution in [0.25, 0.3) is 20.7 Å². The Balaban J connectivity index is 1.17. The number of nitrogens with one attached hydrogen (secondary N) is 1. The molecule has 2 aromatic heterocycles. The van der Waals surface area contributed by atoms with Crippen LogP contribution >= 0.6 is 11.3 Å². The highest BCUT2D eigenvalue weighted by Crippen LogP contribution is 2.40. The molecular formula is C38H31F4N5O4S. The van der Waals surface area contributed by atoms with E-state index in [0.717, 1.165) is 28.3 Å². The summed E-state index contributed by atoms with van der Waals surface area (Å²) in [6.07, 6.45) is -2.36. The van der Waals surface area contributed by atoms with Gasteiger partial charge in [-0.1, -0.05) is 48.2 Å². The lowest BCUT2D eigenvalue weighted by Crippen LogP contribution is -2.39. The van der Waals surface area contributed by atoms with Crippen LogP contribution in [0.15, 0.2) is 113 Å². The lowest BCUT2D eigenvalue weighted by molar-refractivity contribution is -0.132. The highest BCUT2D eigenvalue weighted by Gasteiger charge is 2.40. The number of aromatic nitrogens is 1. The van der Waals surface area contributed by atoms with Crippen LogP contribution in [0.5, 0.6) is 11.5 Å². The summed E-state index contributed by atoms with van der Waals surface area (Å²) >= 11 is 1.41. The van der Waals surface area contributed by atoms with E-state index < -0.39 is 29.2 Å². The van der Waals surface area contributed by atoms with Gasteiger partial charge in [0.2, 0.25) is 5.91 Å². The summed E-state index contributed by atoms with van der Waals surface area (Å²) in [5.74, 6) is -1.61. The second kappa shape index (κ2) is 15.2. The van der Waals surface area contributed by atoms with Crippen LogP contribution in [0.4, 0.5) is 28.9 Å². The normalized spacial score (nSPS) is 13.4. The molecule has 1 atom stereocenters. The van der Waals surface area contributed by atoms with Gasteiger partial charge in [-0.2, -0.15) is 18.3 Å². The fourth-order valence-corrected chi connectivity index (χ4v) is 6.52. The number of alkyl halides is 3. The van der Waals surface area contributed by atoms with Crippen molar-refractivity contribution < 1.29 is 36.6 Å². The first-order chi connectivity index (χ1) is 24.9. The molecular weight excluding hydrogens is 699 g/mol. The maximum absolute atomic E-state index is 15.3. The average molecular weight is 730 g/mol. The molecule has 266 valence electrons. The number of thiophene rings is 1. The topological polar surface area (TPSA) is 96.4 Å². The van der Waals surface area contributed by atoms with E-state index in [1.165, 1.54) is 42.5 Å². The van der Waals surface area contributed by atoms with Gasteiger partial charge < -0.3 is 19.7 Å². The number of rotatable bonds is 11. The molecule has 0 radical (unpaired) electrons. The molecule has 0 fully saturated rings. The summed E-state index contributed by atoms with van der Waals surface area (Å²) in [4.78, 5) is 32.2. The number of nitrogens with zero attached hydrogens (tertiary/aromatic N) is 4. The van der Waals surface area contributed by atoms with E-state index in [9.17, 15) is 22.8 Å². The van der Waals surface area contributed by atoms with E-state index >= 15 is 4.39 Å². The number of carbonyl (C=O) groups is 2. The first-order valence-corrected chi connectivity index (χ1v) is 16.7. The Bertz CT molecular complexity index is 2210. The summed E-state index contributed by atoms with van der Waals surface area (Å²) in [6, 6.07) is 22.6. The Hall–Kier alpha value is -5.82. The maximum atomic E-state index is 15.3. The molecule has 0 bridgehead atoms. The van der Waals surface area contributed by atoms with E-state index in [0.29, 0.717) is 34.1 Å². The molecule has 52 heavy (non-hydrogen) atoms. The number of benzene rings is 3. The number of ether oxygens (including phenoxy) is 2. The molecule has 3 aromatic carbocycles. The Kier molecular flexibility index (Phi) is 10.5. The zero-order chi connectivity index (χ0) is 37.0. The van der Waals surface area contributed by atoms with E-state index in [1.807, 2.05) is 37.3 Å². The molecule has 9 nitrogen and oxygen atoms in total. The number of methoxy groups -OCH3 is 1. The number of amides is 2. The number of carbonyl (C=O) groups excluding carboxylic acids is 2. The third kappa shape index (κ3) is 8.05. The molecule has 2 amide bonds. The van der Waals surface area contributed by atoms with Crippen LogP contribution in [0.1, 0.15) is 19.4 Å². The number of fused-ring (bicyclic) bond motifs is 1. The van der Waals surface area contributed by atoms with Crippen LogP contribution < -0.4 is 15.1 Å². The van der Waals surface area contributed by atoms with Gasteiger partial charge in [-0.05, 0) is 48.4 Å². The fraction of sp³-hybridized carbons (Fsp3) is 0.184. The fourth-order valence-electron chi connectivity index (χ4n) is 5.45. The minimum atomic E-state index is -4.86. The number of hydrogen-bond acceptors (Lipinski definition) is 8. The lowest BCUT2D eigenvalue weighted by Gasteiger charge is -2.27. The first-order valence-electron chi connectivity index (χ1n) is 15.9. The van der Waals surface area contributed by atoms with Crippen molar-refractivity contribution >= 4 is 51.0 Å². The average Bonchev–Trinajstić information content (AvgIpc) is 3.57. The van der Waals surface area contributed by atoms with Crippen molar-refractivity contribution in [2.24, 2.45) is 5.10 Å². The van der Waals surface area contributed by atoms with Crippen LogP contribution in [-0.2, 0) is 20.9 Å². The molecule has 3 heterocycles. The summed E-state index contributed by atoms with van der Waals surface area (Å²) in [5.41, 5.74) is 2.98. The van der Waals surface area contributed by atoms with Gasteiger partial charge in [0.1, 0.15) is 11.3 Å². The van der Waals surface area contributed by atoms with Crippen molar-refractivity contribution in [2.75, 3.05) is 24.0 Å². The van der Waals surface area contributed by atoms with E-state index in [4.69, 9.17) is 9.47 Å². The highest BCUT2D eigenvalue weighted by atomic mass is 32.1. The van der Waals surface area contributed by atoms with Crippen LogP contribution in [-0.4, -0.2) is 53.8 Å². The molecule has 1 aliphatic rings. The Labute approximate surface area is 300 Å². The predicted molar refractivity (Wildman–Crippen MR) is 192 cm³/mol. The molecule has 14 heteroatoms. The molecule has 0 saturated heterocycles. The smallest absolute Gasteiger partial charge is 0.441 e. The van der Waals surface area contributed by atoms with Gasteiger partial charge >= 0.3 is 6.18 Å². The van der Waals surface area contributed by atoms with Gasteiger partial charge in [-0.25, -0.2) is 9.40 Å². The van der Waals surface area contributed by atoms with Gasteiger partial charge in [0.25, 0.3) is 5.91 Å². The summed E-state index contributed by atoms with van der Waals surface area (Å²) < 4.78 is 68.8. The number of para-hydroxylation sites is 1. The molecule has 5 aromatic rings. The summed E-state index contributed by atoms with van der Waals surface area (Å²) in [6.45, 7) is 4.33. The lowest BCUT2D eigenvalue weighted by atomic mass is 10.1. The molecule has 0 unspecified atom stereocenters. The van der Waals surface area contributed by atoms with Crippen molar-refractivity contribution in [1.29, 1.82) is 0 Å². The highest BCUT2D eigenvalue weighted by molar-refractivity contribution is 7.22. The second-order valence-electron chi connectivity index (χ2n) is 11.8. The quantitative estimate of drug-likeness (QED) is 0.108. The number of pyridine rings is 1. The van der Waals surface area contributed by atoms with Crippen molar-refractivity contribution in [3.05, 3.63) is 120 Å². The van der Waals surface area contributed by atoms with Crippen molar-refractivity contribution in [3.63, 3.8) is 0 Å². The van der Waals surface area contributed by atoms with Gasteiger partial charge in [0, 0.05) is 49.5 Å². The maximum Gasteiger partial charge on any atom is 0.441 e. The molecule has 6 rings (SSSR count). The molecule has 0 spiro atoms. The zero-order valence-electron chi connectivity index (χ0n) is 28.1. The van der Waals surface area contributed by atoms with Crippen LogP contribution in [0.3, 0.4) is 0 Å². The minimum Gasteiger partial charge on any atom is -0.453 e. The first kappa shape index (κ1) is 36.0. The number of halogens is 4. The summed E-state index contributed by atoms with van der Waals surface area (Å²) in [5, 5.41) is 6.86. The third-order valence-corrected chi connectivity index (χ3v) is 9.19.